The molecule has 2 aliphatic heterocycles. The van der Waals surface area contributed by atoms with Gasteiger partial charge in [-0.1, -0.05) is 29.4 Å². The summed E-state index contributed by atoms with van der Waals surface area (Å²) >= 11 is 0. The molecule has 28 heavy (non-hydrogen) atoms. The molecule has 142 valence electrons. The van der Waals surface area contributed by atoms with E-state index in [4.69, 9.17) is 14.0 Å². The number of ether oxygens (including phenoxy) is 2. The van der Waals surface area contributed by atoms with Crippen molar-refractivity contribution in [2.75, 3.05) is 13.3 Å². The Morgan fingerprint density at radius 1 is 0.964 bits per heavy atom. The lowest BCUT2D eigenvalue weighted by atomic mass is 9.86. The highest BCUT2D eigenvalue weighted by Gasteiger charge is 2.31. The predicted octanol–water partition coefficient (Wildman–Crippen LogP) is 3.99. The zero-order valence-corrected chi connectivity index (χ0v) is 15.7. The van der Waals surface area contributed by atoms with Gasteiger partial charge in [0.1, 0.15) is 11.5 Å². The smallest absolute Gasteiger partial charge is 0.231 e. The van der Waals surface area contributed by atoms with Crippen molar-refractivity contribution in [3.05, 3.63) is 64.9 Å². The van der Waals surface area contributed by atoms with Crippen molar-refractivity contribution in [3.63, 3.8) is 0 Å². The first-order valence-electron chi connectivity index (χ1n) is 10.0. The number of rotatable bonds is 2. The van der Waals surface area contributed by atoms with E-state index in [9.17, 15) is 0 Å². The topological polar surface area (TPSA) is 47.7 Å². The Hall–Kier alpha value is -2.79. The Labute approximate surface area is 163 Å². The van der Waals surface area contributed by atoms with Crippen LogP contribution in [0.1, 0.15) is 28.9 Å². The summed E-state index contributed by atoms with van der Waals surface area (Å²) < 4.78 is 16.7. The van der Waals surface area contributed by atoms with Gasteiger partial charge in [-0.25, -0.2) is 0 Å². The van der Waals surface area contributed by atoms with Crippen molar-refractivity contribution in [1.29, 1.82) is 0 Å². The Bertz CT molecular complexity index is 1040. The molecule has 0 unspecified atom stereocenters. The molecule has 0 radical (unpaired) electrons. The zero-order valence-electron chi connectivity index (χ0n) is 15.7. The molecule has 0 saturated heterocycles. The van der Waals surface area contributed by atoms with Crippen LogP contribution >= 0.6 is 0 Å². The van der Waals surface area contributed by atoms with Crippen molar-refractivity contribution >= 4 is 0 Å². The fourth-order valence-electron chi connectivity index (χ4n) is 4.80. The van der Waals surface area contributed by atoms with Crippen molar-refractivity contribution in [2.45, 2.75) is 38.3 Å². The lowest BCUT2D eigenvalue weighted by molar-refractivity contribution is 0.155. The van der Waals surface area contributed by atoms with Gasteiger partial charge in [0.05, 0.1) is 0 Å². The molecule has 6 rings (SSSR count). The van der Waals surface area contributed by atoms with E-state index in [0.29, 0.717) is 6.04 Å². The van der Waals surface area contributed by atoms with E-state index in [1.807, 2.05) is 18.2 Å². The highest BCUT2D eigenvalue weighted by atomic mass is 16.7. The van der Waals surface area contributed by atoms with Crippen LogP contribution in [0.3, 0.4) is 0 Å². The summed E-state index contributed by atoms with van der Waals surface area (Å²) in [6.45, 7) is 2.22. The molecule has 0 N–H and O–H groups in total. The van der Waals surface area contributed by atoms with Gasteiger partial charge in [0, 0.05) is 36.7 Å². The molecule has 2 aromatic carbocycles. The van der Waals surface area contributed by atoms with Gasteiger partial charge in [-0.15, -0.1) is 0 Å². The molecule has 0 fully saturated rings. The van der Waals surface area contributed by atoms with Gasteiger partial charge in [0.25, 0.3) is 0 Å². The van der Waals surface area contributed by atoms with E-state index in [0.717, 1.165) is 54.4 Å². The van der Waals surface area contributed by atoms with Crippen molar-refractivity contribution < 1.29 is 14.0 Å². The maximum atomic E-state index is 5.70. The lowest BCUT2D eigenvalue weighted by Crippen LogP contribution is -2.42. The van der Waals surface area contributed by atoms with Gasteiger partial charge in [-0.05, 0) is 48.6 Å². The van der Waals surface area contributed by atoms with Crippen LogP contribution in [0.15, 0.2) is 47.0 Å². The highest BCUT2D eigenvalue weighted by molar-refractivity contribution is 5.67. The Morgan fingerprint density at radius 3 is 2.82 bits per heavy atom. The normalized spacial score (nSPS) is 20.6. The van der Waals surface area contributed by atoms with Crippen molar-refractivity contribution in [2.24, 2.45) is 0 Å². The van der Waals surface area contributed by atoms with E-state index < -0.39 is 0 Å². The van der Waals surface area contributed by atoms with E-state index >= 15 is 0 Å². The zero-order chi connectivity index (χ0) is 18.5. The summed E-state index contributed by atoms with van der Waals surface area (Å²) in [7, 11) is 0. The second-order valence-electron chi connectivity index (χ2n) is 7.89. The molecule has 1 aromatic heterocycles. The van der Waals surface area contributed by atoms with Crippen LogP contribution in [-0.2, 0) is 25.8 Å². The molecular formula is C23H22N2O3. The van der Waals surface area contributed by atoms with Crippen LogP contribution in [0.5, 0.6) is 11.5 Å². The standard InChI is InChI=1S/C23H22N2O3/c1-2-4-16-11-18(7-5-15(16)3-1)25-10-9-20-19(13-25)23(24-28-20)17-6-8-21-22(12-17)27-14-26-21/h1-4,6,8,12,18H,5,7,9-11,13-14H2/t18-/m0/s1. The largest absolute Gasteiger partial charge is 0.454 e. The summed E-state index contributed by atoms with van der Waals surface area (Å²) in [5.41, 5.74) is 6.22. The number of hydrogen-bond donors (Lipinski definition) is 0. The summed E-state index contributed by atoms with van der Waals surface area (Å²) in [5, 5.41) is 4.41. The SMILES string of the molecule is c1ccc2c(c1)CC[C@H](N1CCc3onc(-c4ccc5c(c4)OCO5)c3C1)C2. The fourth-order valence-corrected chi connectivity index (χ4v) is 4.80. The predicted molar refractivity (Wildman–Crippen MR) is 104 cm³/mol. The minimum atomic E-state index is 0.284. The number of hydrogen-bond acceptors (Lipinski definition) is 5. The second kappa shape index (κ2) is 6.38. The number of fused-ring (bicyclic) bond motifs is 3. The van der Waals surface area contributed by atoms with Gasteiger partial charge < -0.3 is 14.0 Å². The molecule has 5 heteroatoms. The van der Waals surface area contributed by atoms with Crippen LogP contribution < -0.4 is 9.47 Å². The van der Waals surface area contributed by atoms with Crippen LogP contribution in [0.2, 0.25) is 0 Å². The molecule has 0 saturated carbocycles. The van der Waals surface area contributed by atoms with Gasteiger partial charge in [0.15, 0.2) is 11.5 Å². The molecule has 0 spiro atoms. The Morgan fingerprint density at radius 2 is 1.86 bits per heavy atom. The molecule has 0 amide bonds. The van der Waals surface area contributed by atoms with Gasteiger partial charge in [-0.3, -0.25) is 4.90 Å². The summed E-state index contributed by atoms with van der Waals surface area (Å²) in [4.78, 5) is 2.62. The minimum Gasteiger partial charge on any atom is -0.454 e. The van der Waals surface area contributed by atoms with Gasteiger partial charge >= 0.3 is 0 Å². The summed E-state index contributed by atoms with van der Waals surface area (Å²) in [6, 6.07) is 15.5. The number of aryl methyl sites for hydroxylation is 1. The van der Waals surface area contributed by atoms with Crippen LogP contribution in [0, 0.1) is 0 Å². The van der Waals surface area contributed by atoms with E-state index in [-0.39, 0.29) is 6.79 Å². The molecule has 1 aliphatic carbocycles. The molecule has 1 atom stereocenters. The third kappa shape index (κ3) is 2.61. The van der Waals surface area contributed by atoms with Crippen LogP contribution in [-0.4, -0.2) is 29.4 Å². The second-order valence-corrected chi connectivity index (χ2v) is 7.89. The molecular weight excluding hydrogens is 352 g/mol. The average Bonchev–Trinajstić information content (AvgIpc) is 3.39. The molecule has 3 aliphatic rings. The van der Waals surface area contributed by atoms with E-state index in [2.05, 4.69) is 34.3 Å². The Kier molecular flexibility index (Phi) is 3.69. The summed E-state index contributed by atoms with van der Waals surface area (Å²) in [5.74, 6) is 2.61. The first kappa shape index (κ1) is 16.2. The number of aromatic nitrogens is 1. The third-order valence-corrected chi connectivity index (χ3v) is 6.34. The van der Waals surface area contributed by atoms with Crippen molar-refractivity contribution in [1.82, 2.24) is 10.1 Å². The number of nitrogens with zero attached hydrogens (tertiary/aromatic N) is 2. The van der Waals surface area contributed by atoms with Crippen LogP contribution in [0.25, 0.3) is 11.3 Å². The molecule has 3 aromatic rings. The average molecular weight is 374 g/mol. The maximum Gasteiger partial charge on any atom is 0.231 e. The lowest BCUT2D eigenvalue weighted by Gasteiger charge is -2.37. The highest BCUT2D eigenvalue weighted by Crippen LogP contribution is 2.38. The Balaban J connectivity index is 1.28. The molecule has 0 bridgehead atoms. The van der Waals surface area contributed by atoms with E-state index in [1.165, 1.54) is 29.5 Å². The van der Waals surface area contributed by atoms with Gasteiger partial charge in [-0.2, -0.15) is 0 Å². The molecule has 3 heterocycles. The minimum absolute atomic E-state index is 0.284. The molecule has 5 nitrogen and oxygen atoms in total. The van der Waals surface area contributed by atoms with Crippen LogP contribution in [0.4, 0.5) is 0 Å². The third-order valence-electron chi connectivity index (χ3n) is 6.34. The van der Waals surface area contributed by atoms with Gasteiger partial charge in [0.2, 0.25) is 6.79 Å². The van der Waals surface area contributed by atoms with Crippen molar-refractivity contribution in [3.8, 4) is 22.8 Å². The number of benzene rings is 2. The fraction of sp³-hybridized carbons (Fsp3) is 0.348. The van der Waals surface area contributed by atoms with E-state index in [1.54, 1.807) is 0 Å². The first-order valence-corrected chi connectivity index (χ1v) is 10.0. The quantitative estimate of drug-likeness (QED) is 0.679. The monoisotopic (exact) mass is 374 g/mol. The maximum absolute atomic E-state index is 5.70. The first-order chi connectivity index (χ1) is 13.8. The summed E-state index contributed by atoms with van der Waals surface area (Å²) in [6.07, 6.45) is 4.45.